The SMILES string of the molecule is CCCCc1ccc(-c2ccc(C#CC3CCC(CCCC)CC3)cc2)cc1F. The Labute approximate surface area is 176 Å². The summed E-state index contributed by atoms with van der Waals surface area (Å²) in [7, 11) is 0. The number of aryl methyl sites for hydroxylation is 1. The van der Waals surface area contributed by atoms with E-state index in [4.69, 9.17) is 0 Å². The number of hydrogen-bond donors (Lipinski definition) is 0. The summed E-state index contributed by atoms with van der Waals surface area (Å²) in [5.74, 6) is 8.27. The van der Waals surface area contributed by atoms with Crippen molar-refractivity contribution in [2.75, 3.05) is 0 Å². The molecule has 0 heterocycles. The van der Waals surface area contributed by atoms with Gasteiger partial charge in [-0.15, -0.1) is 0 Å². The maximum atomic E-state index is 14.3. The molecule has 0 aromatic heterocycles. The molecular weight excluding hydrogens is 355 g/mol. The summed E-state index contributed by atoms with van der Waals surface area (Å²) in [5.41, 5.74) is 3.87. The van der Waals surface area contributed by atoms with Gasteiger partial charge in [0.05, 0.1) is 0 Å². The smallest absolute Gasteiger partial charge is 0.127 e. The molecule has 1 aliphatic carbocycles. The average Bonchev–Trinajstić information content (AvgIpc) is 2.76. The van der Waals surface area contributed by atoms with Crippen molar-refractivity contribution in [3.63, 3.8) is 0 Å². The lowest BCUT2D eigenvalue weighted by molar-refractivity contribution is 0.296. The predicted octanol–water partition coefficient (Wildman–Crippen LogP) is 8.18. The van der Waals surface area contributed by atoms with Gasteiger partial charge in [-0.05, 0) is 79.3 Å². The van der Waals surface area contributed by atoms with Gasteiger partial charge in [-0.3, -0.25) is 0 Å². The number of unbranched alkanes of at least 4 members (excludes halogenated alkanes) is 2. The maximum Gasteiger partial charge on any atom is 0.127 e. The summed E-state index contributed by atoms with van der Waals surface area (Å²) in [6.45, 7) is 4.41. The van der Waals surface area contributed by atoms with E-state index in [1.165, 1.54) is 44.9 Å². The lowest BCUT2D eigenvalue weighted by Crippen LogP contribution is -2.13. The van der Waals surface area contributed by atoms with E-state index in [1.54, 1.807) is 6.07 Å². The van der Waals surface area contributed by atoms with E-state index in [9.17, 15) is 4.39 Å². The Kier molecular flexibility index (Phi) is 8.36. The van der Waals surface area contributed by atoms with Gasteiger partial charge in [-0.1, -0.05) is 75.6 Å². The van der Waals surface area contributed by atoms with Crippen LogP contribution in [0.15, 0.2) is 42.5 Å². The van der Waals surface area contributed by atoms with Crippen molar-refractivity contribution in [2.45, 2.75) is 78.1 Å². The highest BCUT2D eigenvalue weighted by Gasteiger charge is 2.19. The summed E-state index contributed by atoms with van der Waals surface area (Å²) in [4.78, 5) is 0. The highest BCUT2D eigenvalue weighted by atomic mass is 19.1. The molecule has 0 nitrogen and oxygen atoms in total. The summed E-state index contributed by atoms with van der Waals surface area (Å²) in [6, 6.07) is 13.9. The fraction of sp³-hybridized carbons (Fsp3) is 0.500. The summed E-state index contributed by atoms with van der Waals surface area (Å²) in [6.07, 6.45) is 12.2. The van der Waals surface area contributed by atoms with E-state index in [2.05, 4.69) is 50.0 Å². The van der Waals surface area contributed by atoms with Crippen molar-refractivity contribution in [3.8, 4) is 23.0 Å². The molecular formula is C28H35F. The molecule has 1 aliphatic rings. The third-order valence-electron chi connectivity index (χ3n) is 6.30. The van der Waals surface area contributed by atoms with Gasteiger partial charge in [0, 0.05) is 11.5 Å². The zero-order chi connectivity index (χ0) is 20.5. The van der Waals surface area contributed by atoms with Gasteiger partial charge in [-0.25, -0.2) is 4.39 Å². The monoisotopic (exact) mass is 390 g/mol. The molecule has 0 aliphatic heterocycles. The Balaban J connectivity index is 1.57. The van der Waals surface area contributed by atoms with Gasteiger partial charge < -0.3 is 0 Å². The van der Waals surface area contributed by atoms with Crippen LogP contribution < -0.4 is 0 Å². The molecule has 0 saturated heterocycles. The van der Waals surface area contributed by atoms with Gasteiger partial charge in [0.1, 0.15) is 5.82 Å². The van der Waals surface area contributed by atoms with Crippen molar-refractivity contribution in [2.24, 2.45) is 11.8 Å². The zero-order valence-corrected chi connectivity index (χ0v) is 18.1. The highest BCUT2D eigenvalue weighted by Crippen LogP contribution is 2.31. The first kappa shape index (κ1) is 21.6. The second kappa shape index (κ2) is 11.2. The van der Waals surface area contributed by atoms with Gasteiger partial charge in [0.25, 0.3) is 0 Å². The van der Waals surface area contributed by atoms with Crippen LogP contribution in [0, 0.1) is 29.5 Å². The van der Waals surface area contributed by atoms with Crippen LogP contribution in [0.3, 0.4) is 0 Å². The topological polar surface area (TPSA) is 0 Å². The molecule has 0 unspecified atom stereocenters. The molecule has 2 aromatic carbocycles. The molecule has 0 N–H and O–H groups in total. The summed E-state index contributed by atoms with van der Waals surface area (Å²) < 4.78 is 14.3. The van der Waals surface area contributed by atoms with Gasteiger partial charge in [0.15, 0.2) is 0 Å². The maximum absolute atomic E-state index is 14.3. The first-order valence-corrected chi connectivity index (χ1v) is 11.6. The molecule has 0 radical (unpaired) electrons. The Hall–Kier alpha value is -2.07. The third kappa shape index (κ3) is 6.46. The summed E-state index contributed by atoms with van der Waals surface area (Å²) >= 11 is 0. The summed E-state index contributed by atoms with van der Waals surface area (Å²) in [5, 5.41) is 0. The largest absolute Gasteiger partial charge is 0.207 e. The van der Waals surface area contributed by atoms with Crippen LogP contribution in [-0.4, -0.2) is 0 Å². The standard InChI is InChI=1S/C28H35F/c1-3-5-7-22-9-11-23(12-10-22)13-14-24-15-17-25(18-16-24)27-20-19-26(8-6-4-2)28(29)21-27/h15-23H,3-12H2,1-2H3. The van der Waals surface area contributed by atoms with Gasteiger partial charge in [0.2, 0.25) is 0 Å². The van der Waals surface area contributed by atoms with Crippen LogP contribution >= 0.6 is 0 Å². The molecule has 154 valence electrons. The van der Waals surface area contributed by atoms with Crippen LogP contribution in [0.5, 0.6) is 0 Å². The lowest BCUT2D eigenvalue weighted by atomic mass is 9.80. The van der Waals surface area contributed by atoms with Crippen molar-refractivity contribution < 1.29 is 4.39 Å². The van der Waals surface area contributed by atoms with Crippen molar-refractivity contribution in [1.82, 2.24) is 0 Å². The first-order valence-electron chi connectivity index (χ1n) is 11.6. The Morgan fingerprint density at radius 2 is 1.55 bits per heavy atom. The molecule has 0 amide bonds. The van der Waals surface area contributed by atoms with E-state index < -0.39 is 0 Å². The van der Waals surface area contributed by atoms with Crippen LogP contribution in [0.4, 0.5) is 4.39 Å². The zero-order valence-electron chi connectivity index (χ0n) is 18.1. The van der Waals surface area contributed by atoms with Crippen LogP contribution in [-0.2, 0) is 6.42 Å². The van der Waals surface area contributed by atoms with Crippen LogP contribution in [0.2, 0.25) is 0 Å². The minimum absolute atomic E-state index is 0.0886. The molecule has 2 aromatic rings. The van der Waals surface area contributed by atoms with E-state index in [-0.39, 0.29) is 5.82 Å². The minimum atomic E-state index is -0.0886. The van der Waals surface area contributed by atoms with Crippen molar-refractivity contribution in [1.29, 1.82) is 0 Å². The second-order valence-corrected chi connectivity index (χ2v) is 8.62. The molecule has 1 heteroatoms. The normalized spacial score (nSPS) is 18.9. The van der Waals surface area contributed by atoms with E-state index in [0.717, 1.165) is 47.4 Å². The van der Waals surface area contributed by atoms with Gasteiger partial charge in [-0.2, -0.15) is 0 Å². The van der Waals surface area contributed by atoms with Crippen molar-refractivity contribution >= 4 is 0 Å². The number of hydrogen-bond acceptors (Lipinski definition) is 0. The fourth-order valence-electron chi connectivity index (χ4n) is 4.32. The Bertz CT molecular complexity index is 814. The van der Waals surface area contributed by atoms with E-state index in [0.29, 0.717) is 5.92 Å². The third-order valence-corrected chi connectivity index (χ3v) is 6.30. The Morgan fingerprint density at radius 3 is 2.21 bits per heavy atom. The first-order chi connectivity index (χ1) is 14.2. The quantitative estimate of drug-likeness (QED) is 0.418. The molecule has 3 rings (SSSR count). The van der Waals surface area contributed by atoms with Crippen LogP contribution in [0.25, 0.3) is 11.1 Å². The molecule has 0 spiro atoms. The molecule has 0 bridgehead atoms. The molecule has 1 saturated carbocycles. The van der Waals surface area contributed by atoms with Gasteiger partial charge >= 0.3 is 0 Å². The number of benzene rings is 2. The van der Waals surface area contributed by atoms with Crippen molar-refractivity contribution in [3.05, 3.63) is 59.4 Å². The lowest BCUT2D eigenvalue weighted by Gasteiger charge is -2.25. The average molecular weight is 391 g/mol. The minimum Gasteiger partial charge on any atom is -0.207 e. The van der Waals surface area contributed by atoms with E-state index in [1.807, 2.05) is 12.1 Å². The van der Waals surface area contributed by atoms with Crippen LogP contribution in [0.1, 0.15) is 82.8 Å². The highest BCUT2D eigenvalue weighted by molar-refractivity contribution is 5.65. The molecule has 29 heavy (non-hydrogen) atoms. The fourth-order valence-corrected chi connectivity index (χ4v) is 4.32. The number of rotatable bonds is 7. The Morgan fingerprint density at radius 1 is 0.862 bits per heavy atom. The molecule has 1 fully saturated rings. The van der Waals surface area contributed by atoms with E-state index >= 15 is 0 Å². The second-order valence-electron chi connectivity index (χ2n) is 8.62. The number of halogens is 1. The predicted molar refractivity (Wildman–Crippen MR) is 122 cm³/mol. The molecule has 0 atom stereocenters.